The van der Waals surface area contributed by atoms with Crippen LogP contribution in [0.4, 0.5) is 10.1 Å². The average molecular weight is 404 g/mol. The van der Waals surface area contributed by atoms with E-state index in [9.17, 15) is 9.18 Å². The Hall–Kier alpha value is -3.68. The van der Waals surface area contributed by atoms with E-state index in [1.807, 2.05) is 51.5 Å². The Labute approximate surface area is 173 Å². The summed E-state index contributed by atoms with van der Waals surface area (Å²) < 4.78 is 17.0. The maximum Gasteiger partial charge on any atom is 0.255 e. The SMILES string of the molecule is Cn1cccc1-c1nnc2ccc(C(=O)N3CCN(c4ccc(F)cc4)CC3)cn12. The van der Waals surface area contributed by atoms with Crippen molar-refractivity contribution in [2.24, 2.45) is 7.05 Å². The molecule has 0 spiro atoms. The molecule has 1 saturated heterocycles. The van der Waals surface area contributed by atoms with Crippen LogP contribution in [0.2, 0.25) is 0 Å². The van der Waals surface area contributed by atoms with Crippen LogP contribution in [0.1, 0.15) is 10.4 Å². The molecule has 0 radical (unpaired) electrons. The number of carbonyl (C=O) groups is 1. The van der Waals surface area contributed by atoms with Crippen LogP contribution in [-0.2, 0) is 7.05 Å². The van der Waals surface area contributed by atoms with Crippen molar-refractivity contribution in [3.05, 3.63) is 72.3 Å². The lowest BCUT2D eigenvalue weighted by atomic mass is 10.2. The lowest BCUT2D eigenvalue weighted by molar-refractivity contribution is 0.0746. The summed E-state index contributed by atoms with van der Waals surface area (Å²) in [6, 6.07) is 14.0. The minimum Gasteiger partial charge on any atom is -0.368 e. The number of pyridine rings is 1. The van der Waals surface area contributed by atoms with Gasteiger partial charge in [0.25, 0.3) is 5.91 Å². The molecule has 30 heavy (non-hydrogen) atoms. The summed E-state index contributed by atoms with van der Waals surface area (Å²) in [4.78, 5) is 17.1. The van der Waals surface area contributed by atoms with Crippen molar-refractivity contribution in [3.63, 3.8) is 0 Å². The maximum absolute atomic E-state index is 13.2. The van der Waals surface area contributed by atoms with E-state index < -0.39 is 0 Å². The topological polar surface area (TPSA) is 58.7 Å². The van der Waals surface area contributed by atoms with E-state index in [0.29, 0.717) is 43.2 Å². The van der Waals surface area contributed by atoms with Crippen LogP contribution in [0.5, 0.6) is 0 Å². The number of hydrogen-bond acceptors (Lipinski definition) is 4. The zero-order valence-corrected chi connectivity index (χ0v) is 16.6. The highest BCUT2D eigenvalue weighted by atomic mass is 19.1. The molecular weight excluding hydrogens is 383 g/mol. The van der Waals surface area contributed by atoms with Gasteiger partial charge >= 0.3 is 0 Å². The van der Waals surface area contributed by atoms with Crippen LogP contribution in [0.25, 0.3) is 17.2 Å². The maximum atomic E-state index is 13.2. The molecule has 0 saturated carbocycles. The van der Waals surface area contributed by atoms with Crippen molar-refractivity contribution in [1.82, 2.24) is 24.1 Å². The molecule has 1 fully saturated rings. The molecule has 0 aliphatic carbocycles. The molecule has 1 amide bonds. The summed E-state index contributed by atoms with van der Waals surface area (Å²) in [5.74, 6) is 0.446. The lowest BCUT2D eigenvalue weighted by Gasteiger charge is -2.36. The standard InChI is InChI=1S/C22H21FN6O/c1-26-10-2-3-19(26)21-25-24-20-9-4-16(15-29(20)21)22(30)28-13-11-27(12-14-28)18-7-5-17(23)6-8-18/h2-10,15H,11-14H2,1H3. The fourth-order valence-electron chi connectivity index (χ4n) is 3.89. The van der Waals surface area contributed by atoms with Gasteiger partial charge in [0.1, 0.15) is 5.82 Å². The molecule has 7 nitrogen and oxygen atoms in total. The monoisotopic (exact) mass is 404 g/mol. The second kappa shape index (κ2) is 7.29. The Balaban J connectivity index is 1.35. The molecule has 152 valence electrons. The first kappa shape index (κ1) is 18.4. The Kier molecular flexibility index (Phi) is 4.46. The van der Waals surface area contributed by atoms with Crippen LogP contribution in [-0.4, -0.2) is 56.2 Å². The molecule has 1 aromatic carbocycles. The fraction of sp³-hybridized carbons (Fsp3) is 0.227. The molecule has 4 aromatic rings. The summed E-state index contributed by atoms with van der Waals surface area (Å²) >= 11 is 0. The zero-order chi connectivity index (χ0) is 20.7. The molecule has 0 N–H and O–H groups in total. The second-order valence-electron chi connectivity index (χ2n) is 7.43. The minimum absolute atomic E-state index is 0.0119. The highest BCUT2D eigenvalue weighted by Gasteiger charge is 2.23. The van der Waals surface area contributed by atoms with Crippen molar-refractivity contribution in [2.75, 3.05) is 31.1 Å². The number of halogens is 1. The predicted molar refractivity (Wildman–Crippen MR) is 112 cm³/mol. The van der Waals surface area contributed by atoms with Gasteiger partial charge in [-0.25, -0.2) is 4.39 Å². The average Bonchev–Trinajstić information content (AvgIpc) is 3.39. The molecule has 5 rings (SSSR count). The molecule has 4 heterocycles. The third kappa shape index (κ3) is 3.20. The number of carbonyl (C=O) groups excluding carboxylic acids is 1. The van der Waals surface area contributed by atoms with E-state index >= 15 is 0 Å². The first-order chi connectivity index (χ1) is 14.6. The normalized spacial score (nSPS) is 14.5. The van der Waals surface area contributed by atoms with Crippen LogP contribution in [0.3, 0.4) is 0 Å². The number of nitrogens with zero attached hydrogens (tertiary/aromatic N) is 6. The summed E-state index contributed by atoms with van der Waals surface area (Å²) in [5.41, 5.74) is 3.21. The smallest absolute Gasteiger partial charge is 0.255 e. The minimum atomic E-state index is -0.244. The molecule has 1 aliphatic rings. The number of rotatable bonds is 3. The predicted octanol–water partition coefficient (Wildman–Crippen LogP) is 2.84. The van der Waals surface area contributed by atoms with E-state index in [0.717, 1.165) is 11.4 Å². The van der Waals surface area contributed by atoms with Crippen LogP contribution in [0.15, 0.2) is 60.9 Å². The molecule has 8 heteroatoms. The van der Waals surface area contributed by atoms with Crippen LogP contribution in [0, 0.1) is 5.82 Å². The Morgan fingerprint density at radius 2 is 1.73 bits per heavy atom. The van der Waals surface area contributed by atoms with Gasteiger partial charge in [0, 0.05) is 51.3 Å². The van der Waals surface area contributed by atoms with E-state index in [1.54, 1.807) is 18.2 Å². The fourth-order valence-corrected chi connectivity index (χ4v) is 3.89. The van der Waals surface area contributed by atoms with E-state index in [-0.39, 0.29) is 11.7 Å². The zero-order valence-electron chi connectivity index (χ0n) is 16.6. The van der Waals surface area contributed by atoms with Crippen molar-refractivity contribution in [2.45, 2.75) is 0 Å². The number of hydrogen-bond donors (Lipinski definition) is 0. The van der Waals surface area contributed by atoms with Gasteiger partial charge in [0.05, 0.1) is 11.3 Å². The van der Waals surface area contributed by atoms with Gasteiger partial charge in [-0.05, 0) is 48.5 Å². The molecular formula is C22H21FN6O. The molecule has 0 bridgehead atoms. The molecule has 3 aromatic heterocycles. The lowest BCUT2D eigenvalue weighted by Crippen LogP contribution is -2.48. The van der Waals surface area contributed by atoms with Crippen molar-refractivity contribution >= 4 is 17.2 Å². The van der Waals surface area contributed by atoms with Crippen molar-refractivity contribution < 1.29 is 9.18 Å². The Bertz CT molecular complexity index is 1200. The van der Waals surface area contributed by atoms with Gasteiger partial charge in [-0.2, -0.15) is 0 Å². The number of benzene rings is 1. The molecule has 1 aliphatic heterocycles. The van der Waals surface area contributed by atoms with E-state index in [2.05, 4.69) is 15.1 Å². The Morgan fingerprint density at radius 1 is 0.967 bits per heavy atom. The largest absolute Gasteiger partial charge is 0.368 e. The number of anilines is 1. The summed E-state index contributed by atoms with van der Waals surface area (Å²) in [7, 11) is 1.95. The van der Waals surface area contributed by atoms with Crippen LogP contribution >= 0.6 is 0 Å². The van der Waals surface area contributed by atoms with Gasteiger partial charge < -0.3 is 14.4 Å². The van der Waals surface area contributed by atoms with Crippen LogP contribution < -0.4 is 4.90 Å². The van der Waals surface area contributed by atoms with Crippen molar-refractivity contribution in [3.8, 4) is 11.5 Å². The number of piperazine rings is 1. The number of amides is 1. The van der Waals surface area contributed by atoms with Gasteiger partial charge in [0.15, 0.2) is 11.5 Å². The van der Waals surface area contributed by atoms with E-state index in [4.69, 9.17) is 0 Å². The second-order valence-corrected chi connectivity index (χ2v) is 7.43. The molecule has 0 unspecified atom stereocenters. The third-order valence-corrected chi connectivity index (χ3v) is 5.58. The summed E-state index contributed by atoms with van der Waals surface area (Å²) in [6.07, 6.45) is 3.76. The number of aryl methyl sites for hydroxylation is 1. The molecule has 0 atom stereocenters. The highest BCUT2D eigenvalue weighted by Crippen LogP contribution is 2.21. The highest BCUT2D eigenvalue weighted by molar-refractivity contribution is 5.94. The first-order valence-electron chi connectivity index (χ1n) is 9.86. The first-order valence-corrected chi connectivity index (χ1v) is 9.86. The third-order valence-electron chi connectivity index (χ3n) is 5.58. The number of fused-ring (bicyclic) bond motifs is 1. The van der Waals surface area contributed by atoms with Gasteiger partial charge in [-0.15, -0.1) is 10.2 Å². The van der Waals surface area contributed by atoms with Gasteiger partial charge in [-0.1, -0.05) is 0 Å². The quantitative estimate of drug-likeness (QED) is 0.527. The Morgan fingerprint density at radius 3 is 2.43 bits per heavy atom. The van der Waals surface area contributed by atoms with E-state index in [1.165, 1.54) is 12.1 Å². The summed E-state index contributed by atoms with van der Waals surface area (Å²) in [5, 5.41) is 8.51. The van der Waals surface area contributed by atoms with Gasteiger partial charge in [-0.3, -0.25) is 9.20 Å². The summed E-state index contributed by atoms with van der Waals surface area (Å²) in [6.45, 7) is 2.64. The van der Waals surface area contributed by atoms with Crippen molar-refractivity contribution in [1.29, 1.82) is 0 Å². The number of aromatic nitrogens is 4. The van der Waals surface area contributed by atoms with Gasteiger partial charge in [0.2, 0.25) is 0 Å².